The lowest BCUT2D eigenvalue weighted by Gasteiger charge is -2.34. The summed E-state index contributed by atoms with van der Waals surface area (Å²) in [6.07, 6.45) is 5.35. The normalized spacial score (nSPS) is 16.2. The molecule has 5 nitrogen and oxygen atoms in total. The number of hydrogen-bond donors (Lipinski definition) is 1. The van der Waals surface area contributed by atoms with Gasteiger partial charge in [0.05, 0.1) is 14.2 Å². The van der Waals surface area contributed by atoms with Gasteiger partial charge in [0.2, 0.25) is 0 Å². The number of piperidine rings is 1. The molecule has 1 N–H and O–H groups in total. The molecule has 5 heteroatoms. The van der Waals surface area contributed by atoms with Gasteiger partial charge in [0.15, 0.2) is 11.5 Å². The van der Waals surface area contributed by atoms with Crippen molar-refractivity contribution in [3.63, 3.8) is 0 Å². The minimum Gasteiger partial charge on any atom is -0.493 e. The lowest BCUT2D eigenvalue weighted by molar-refractivity contribution is 0.150. The average Bonchev–Trinajstić information content (AvgIpc) is 2.55. The Morgan fingerprint density at radius 2 is 2.05 bits per heavy atom. The Morgan fingerprint density at radius 3 is 2.67 bits per heavy atom. The fourth-order valence-corrected chi connectivity index (χ4v) is 3.01. The number of rotatable bonds is 7. The first-order chi connectivity index (χ1) is 10.3. The number of methoxy groups -OCH3 is 2. The molecule has 1 aromatic heterocycles. The van der Waals surface area contributed by atoms with E-state index in [2.05, 4.69) is 22.1 Å². The van der Waals surface area contributed by atoms with Gasteiger partial charge in [-0.15, -0.1) is 0 Å². The molecule has 0 aliphatic carbocycles. The molecule has 0 radical (unpaired) electrons. The van der Waals surface area contributed by atoms with Crippen LogP contribution in [0.1, 0.15) is 31.9 Å². The Hall–Kier alpha value is -1.33. The number of pyridine rings is 1. The van der Waals surface area contributed by atoms with Crippen LogP contribution in [0, 0.1) is 0 Å². The van der Waals surface area contributed by atoms with Crippen LogP contribution in [0.25, 0.3) is 0 Å². The highest BCUT2D eigenvalue weighted by molar-refractivity contribution is 5.42. The topological polar surface area (TPSA) is 46.6 Å². The Morgan fingerprint density at radius 1 is 1.29 bits per heavy atom. The summed E-state index contributed by atoms with van der Waals surface area (Å²) in [6.45, 7) is 6.34. The van der Waals surface area contributed by atoms with E-state index in [1.54, 1.807) is 20.4 Å². The number of hydrogen-bond acceptors (Lipinski definition) is 5. The molecule has 0 saturated carbocycles. The van der Waals surface area contributed by atoms with Gasteiger partial charge in [0, 0.05) is 24.8 Å². The summed E-state index contributed by atoms with van der Waals surface area (Å²) in [7, 11) is 3.34. The number of ether oxygens (including phenoxy) is 2. The van der Waals surface area contributed by atoms with Crippen LogP contribution in [0.5, 0.6) is 11.5 Å². The molecule has 1 saturated heterocycles. The lowest BCUT2D eigenvalue weighted by Crippen LogP contribution is -2.43. The van der Waals surface area contributed by atoms with Gasteiger partial charge in [-0.2, -0.15) is 0 Å². The summed E-state index contributed by atoms with van der Waals surface area (Å²) in [4.78, 5) is 7.05. The molecule has 0 unspecified atom stereocenters. The van der Waals surface area contributed by atoms with Crippen molar-refractivity contribution in [2.75, 3.05) is 33.9 Å². The van der Waals surface area contributed by atoms with Crippen molar-refractivity contribution in [3.8, 4) is 11.5 Å². The zero-order valence-electron chi connectivity index (χ0n) is 13.4. The first kappa shape index (κ1) is 16.0. The standard InChI is InChI=1S/C16H27N3O2/c1-4-11-19(13-5-8-17-9-6-13)12-14-16(21-3)15(20-2)7-10-18-14/h7,10,13,17H,4-6,8-9,11-12H2,1-3H3. The Labute approximate surface area is 127 Å². The van der Waals surface area contributed by atoms with Crippen molar-refractivity contribution in [3.05, 3.63) is 18.0 Å². The maximum atomic E-state index is 5.51. The van der Waals surface area contributed by atoms with E-state index in [4.69, 9.17) is 9.47 Å². The first-order valence-corrected chi connectivity index (χ1v) is 7.80. The van der Waals surface area contributed by atoms with Gasteiger partial charge >= 0.3 is 0 Å². The summed E-state index contributed by atoms with van der Waals surface area (Å²) >= 11 is 0. The summed E-state index contributed by atoms with van der Waals surface area (Å²) in [5.41, 5.74) is 0.962. The van der Waals surface area contributed by atoms with Crippen molar-refractivity contribution in [2.45, 2.75) is 38.8 Å². The van der Waals surface area contributed by atoms with Crippen molar-refractivity contribution >= 4 is 0 Å². The molecule has 0 atom stereocenters. The van der Waals surface area contributed by atoms with Gasteiger partial charge in [0.1, 0.15) is 5.69 Å². The van der Waals surface area contributed by atoms with Crippen LogP contribution >= 0.6 is 0 Å². The predicted molar refractivity (Wildman–Crippen MR) is 83.9 cm³/mol. The van der Waals surface area contributed by atoms with Crippen LogP contribution in [0.3, 0.4) is 0 Å². The van der Waals surface area contributed by atoms with Crippen molar-refractivity contribution in [2.24, 2.45) is 0 Å². The van der Waals surface area contributed by atoms with Crippen LogP contribution in [0.2, 0.25) is 0 Å². The third-order valence-corrected chi connectivity index (χ3v) is 4.05. The van der Waals surface area contributed by atoms with Gasteiger partial charge in [-0.1, -0.05) is 6.92 Å². The smallest absolute Gasteiger partial charge is 0.183 e. The molecule has 1 fully saturated rings. The molecular formula is C16H27N3O2. The monoisotopic (exact) mass is 293 g/mol. The second kappa shape index (κ2) is 8.20. The van der Waals surface area contributed by atoms with E-state index in [1.165, 1.54) is 12.8 Å². The lowest BCUT2D eigenvalue weighted by atomic mass is 10.0. The minimum absolute atomic E-state index is 0.629. The minimum atomic E-state index is 0.629. The van der Waals surface area contributed by atoms with E-state index >= 15 is 0 Å². The van der Waals surface area contributed by atoms with Crippen LogP contribution in [0.15, 0.2) is 12.3 Å². The SMILES string of the molecule is CCCN(Cc1nccc(OC)c1OC)C1CCNCC1. The van der Waals surface area contributed by atoms with Crippen LogP contribution in [0.4, 0.5) is 0 Å². The largest absolute Gasteiger partial charge is 0.493 e. The zero-order chi connectivity index (χ0) is 15.1. The number of nitrogens with zero attached hydrogens (tertiary/aromatic N) is 2. The van der Waals surface area contributed by atoms with Crippen LogP contribution < -0.4 is 14.8 Å². The van der Waals surface area contributed by atoms with Gasteiger partial charge in [-0.25, -0.2) is 0 Å². The highest BCUT2D eigenvalue weighted by Gasteiger charge is 2.22. The maximum absolute atomic E-state index is 5.51. The summed E-state index contributed by atoms with van der Waals surface area (Å²) in [6, 6.07) is 2.47. The molecule has 1 aromatic rings. The predicted octanol–water partition coefficient (Wildman–Crippen LogP) is 2.06. The van der Waals surface area contributed by atoms with E-state index in [0.29, 0.717) is 6.04 Å². The Bertz CT molecular complexity index is 434. The third-order valence-electron chi connectivity index (χ3n) is 4.05. The highest BCUT2D eigenvalue weighted by atomic mass is 16.5. The molecule has 21 heavy (non-hydrogen) atoms. The van der Waals surface area contributed by atoms with Crippen LogP contribution in [-0.2, 0) is 6.54 Å². The third kappa shape index (κ3) is 4.08. The van der Waals surface area contributed by atoms with E-state index in [0.717, 1.165) is 49.8 Å². The number of nitrogens with one attached hydrogen (secondary N) is 1. The van der Waals surface area contributed by atoms with E-state index in [1.807, 2.05) is 6.07 Å². The first-order valence-electron chi connectivity index (χ1n) is 7.80. The quantitative estimate of drug-likeness (QED) is 0.834. The molecule has 1 aliphatic rings. The molecule has 1 aliphatic heterocycles. The molecule has 0 amide bonds. The van der Waals surface area contributed by atoms with Crippen molar-refractivity contribution in [1.82, 2.24) is 15.2 Å². The molecule has 0 spiro atoms. The summed E-state index contributed by atoms with van der Waals surface area (Å²) < 4.78 is 10.9. The van der Waals surface area contributed by atoms with Gasteiger partial charge < -0.3 is 14.8 Å². The Balaban J connectivity index is 2.15. The van der Waals surface area contributed by atoms with Gasteiger partial charge in [0.25, 0.3) is 0 Å². The van der Waals surface area contributed by atoms with Gasteiger partial charge in [-0.05, 0) is 38.9 Å². The highest BCUT2D eigenvalue weighted by Crippen LogP contribution is 2.30. The number of aromatic nitrogens is 1. The summed E-state index contributed by atoms with van der Waals surface area (Å²) in [5, 5.41) is 3.43. The average molecular weight is 293 g/mol. The molecular weight excluding hydrogens is 266 g/mol. The fraction of sp³-hybridized carbons (Fsp3) is 0.688. The molecule has 118 valence electrons. The van der Waals surface area contributed by atoms with E-state index < -0.39 is 0 Å². The van der Waals surface area contributed by atoms with Gasteiger partial charge in [-0.3, -0.25) is 9.88 Å². The molecule has 2 heterocycles. The zero-order valence-corrected chi connectivity index (χ0v) is 13.4. The van der Waals surface area contributed by atoms with E-state index in [9.17, 15) is 0 Å². The second-order valence-corrected chi connectivity index (χ2v) is 5.44. The van der Waals surface area contributed by atoms with Crippen molar-refractivity contribution < 1.29 is 9.47 Å². The molecule has 0 aromatic carbocycles. The summed E-state index contributed by atoms with van der Waals surface area (Å²) in [5.74, 6) is 1.51. The van der Waals surface area contributed by atoms with Crippen LogP contribution in [-0.4, -0.2) is 49.8 Å². The second-order valence-electron chi connectivity index (χ2n) is 5.44. The van der Waals surface area contributed by atoms with Crippen molar-refractivity contribution in [1.29, 1.82) is 0 Å². The molecule has 2 rings (SSSR count). The Kier molecular flexibility index (Phi) is 6.26. The fourth-order valence-electron chi connectivity index (χ4n) is 3.01. The maximum Gasteiger partial charge on any atom is 0.183 e. The molecule has 0 bridgehead atoms. The van der Waals surface area contributed by atoms with E-state index in [-0.39, 0.29) is 0 Å².